The number of carbonyl (C=O) groups excluding carboxylic acids is 1. The fraction of sp³-hybridized carbons (Fsp3) is 0.238. The molecule has 0 bridgehead atoms. The van der Waals surface area contributed by atoms with Gasteiger partial charge in [-0.25, -0.2) is 4.98 Å². The number of nitrogens with one attached hydrogen (secondary N) is 1. The summed E-state index contributed by atoms with van der Waals surface area (Å²) in [6, 6.07) is 16.1. The van der Waals surface area contributed by atoms with E-state index in [0.29, 0.717) is 22.4 Å². The molecule has 1 unspecified atom stereocenters. The van der Waals surface area contributed by atoms with E-state index >= 15 is 0 Å². The van der Waals surface area contributed by atoms with Crippen molar-refractivity contribution >= 4 is 16.7 Å². The molecule has 130 valence electrons. The SMILES string of the molecule is CC(C)Cc1ccc(C(=O)C(C#N)c2nc3ccccc3c(=O)[nH]2)cc1. The summed E-state index contributed by atoms with van der Waals surface area (Å²) in [6.07, 6.45) is 0.926. The molecule has 1 atom stereocenters. The lowest BCUT2D eigenvalue weighted by Gasteiger charge is -2.10. The number of H-pyrrole nitrogens is 1. The molecule has 5 heteroatoms. The average Bonchev–Trinajstić information content (AvgIpc) is 2.62. The summed E-state index contributed by atoms with van der Waals surface area (Å²) in [5.74, 6) is -0.923. The van der Waals surface area contributed by atoms with Crippen molar-refractivity contribution < 1.29 is 4.79 Å². The fourth-order valence-electron chi connectivity index (χ4n) is 2.93. The Morgan fingerprint density at radius 3 is 2.50 bits per heavy atom. The van der Waals surface area contributed by atoms with Gasteiger partial charge in [0.2, 0.25) is 0 Å². The Morgan fingerprint density at radius 2 is 1.85 bits per heavy atom. The highest BCUT2D eigenvalue weighted by molar-refractivity contribution is 6.02. The molecule has 2 aromatic carbocycles. The Bertz CT molecular complexity index is 1040. The molecule has 0 fully saturated rings. The highest BCUT2D eigenvalue weighted by Gasteiger charge is 2.24. The first-order valence-electron chi connectivity index (χ1n) is 8.51. The number of fused-ring (bicyclic) bond motifs is 1. The summed E-state index contributed by atoms with van der Waals surface area (Å²) in [5, 5.41) is 9.94. The molecule has 3 rings (SSSR count). The van der Waals surface area contributed by atoms with Crippen LogP contribution in [0.2, 0.25) is 0 Å². The highest BCUT2D eigenvalue weighted by atomic mass is 16.1. The number of carbonyl (C=O) groups is 1. The van der Waals surface area contributed by atoms with Crippen molar-refractivity contribution in [1.29, 1.82) is 5.26 Å². The van der Waals surface area contributed by atoms with Gasteiger partial charge in [0.05, 0.1) is 17.0 Å². The second kappa shape index (κ2) is 7.32. The first-order valence-corrected chi connectivity index (χ1v) is 8.51. The molecule has 5 nitrogen and oxygen atoms in total. The number of hydrogen-bond acceptors (Lipinski definition) is 4. The minimum Gasteiger partial charge on any atom is -0.308 e. The van der Waals surface area contributed by atoms with Crippen molar-refractivity contribution in [3.8, 4) is 6.07 Å². The number of nitriles is 1. The van der Waals surface area contributed by atoms with E-state index in [1.54, 1.807) is 36.4 Å². The van der Waals surface area contributed by atoms with Gasteiger partial charge < -0.3 is 4.98 Å². The van der Waals surface area contributed by atoms with Crippen LogP contribution in [0.1, 0.15) is 41.5 Å². The van der Waals surface area contributed by atoms with Gasteiger partial charge in [-0.1, -0.05) is 50.2 Å². The van der Waals surface area contributed by atoms with Crippen LogP contribution >= 0.6 is 0 Å². The molecule has 0 saturated carbocycles. The third kappa shape index (κ3) is 3.55. The second-order valence-corrected chi connectivity index (χ2v) is 6.69. The van der Waals surface area contributed by atoms with Crippen LogP contribution in [-0.2, 0) is 6.42 Å². The first kappa shape index (κ1) is 17.6. The zero-order chi connectivity index (χ0) is 18.7. The minimum atomic E-state index is -1.15. The largest absolute Gasteiger partial charge is 0.308 e. The van der Waals surface area contributed by atoms with Crippen LogP contribution in [0.25, 0.3) is 10.9 Å². The van der Waals surface area contributed by atoms with Crippen molar-refractivity contribution in [1.82, 2.24) is 9.97 Å². The van der Waals surface area contributed by atoms with Crippen molar-refractivity contribution in [2.24, 2.45) is 5.92 Å². The third-order valence-corrected chi connectivity index (χ3v) is 4.18. The number of rotatable bonds is 5. The molecular weight excluding hydrogens is 326 g/mol. The number of ketones is 1. The number of benzene rings is 2. The van der Waals surface area contributed by atoms with E-state index in [-0.39, 0.29) is 17.2 Å². The van der Waals surface area contributed by atoms with Crippen LogP contribution in [-0.4, -0.2) is 15.8 Å². The zero-order valence-electron chi connectivity index (χ0n) is 14.7. The van der Waals surface area contributed by atoms with Crippen molar-refractivity contribution in [2.75, 3.05) is 0 Å². The summed E-state index contributed by atoms with van der Waals surface area (Å²) in [7, 11) is 0. The van der Waals surface area contributed by atoms with Gasteiger partial charge in [-0.3, -0.25) is 9.59 Å². The quantitative estimate of drug-likeness (QED) is 0.716. The molecule has 0 radical (unpaired) electrons. The van der Waals surface area contributed by atoms with E-state index in [2.05, 4.69) is 23.8 Å². The average molecular weight is 345 g/mol. The normalized spacial score (nSPS) is 12.1. The number of aromatic amines is 1. The molecule has 1 heterocycles. The van der Waals surface area contributed by atoms with E-state index < -0.39 is 5.92 Å². The molecule has 0 aliphatic carbocycles. The standard InChI is InChI=1S/C21H19N3O2/c1-13(2)11-14-7-9-15(10-8-14)19(25)17(12-22)20-23-18-6-4-3-5-16(18)21(26)24-20/h3-10,13,17H,11H2,1-2H3,(H,23,24,26). The second-order valence-electron chi connectivity index (χ2n) is 6.69. The van der Waals surface area contributed by atoms with Crippen LogP contribution in [0.4, 0.5) is 0 Å². The zero-order valence-corrected chi connectivity index (χ0v) is 14.7. The molecule has 0 aliphatic rings. The Hall–Kier alpha value is -3.26. The van der Waals surface area contributed by atoms with E-state index in [0.717, 1.165) is 12.0 Å². The van der Waals surface area contributed by atoms with Gasteiger partial charge in [0.15, 0.2) is 11.7 Å². The lowest BCUT2D eigenvalue weighted by Crippen LogP contribution is -2.19. The molecule has 0 spiro atoms. The molecule has 1 N–H and O–H groups in total. The van der Waals surface area contributed by atoms with Crippen LogP contribution in [0.5, 0.6) is 0 Å². The maximum Gasteiger partial charge on any atom is 0.258 e. The summed E-state index contributed by atoms with van der Waals surface area (Å²) < 4.78 is 0. The number of aromatic nitrogens is 2. The topological polar surface area (TPSA) is 86.6 Å². The maximum absolute atomic E-state index is 12.8. The van der Waals surface area contributed by atoms with E-state index in [9.17, 15) is 14.9 Å². The van der Waals surface area contributed by atoms with Gasteiger partial charge in [-0.15, -0.1) is 0 Å². The Kier molecular flexibility index (Phi) is 4.94. The molecule has 3 aromatic rings. The van der Waals surface area contributed by atoms with Gasteiger partial charge in [0.25, 0.3) is 5.56 Å². The predicted molar refractivity (Wildman–Crippen MR) is 100 cm³/mol. The maximum atomic E-state index is 12.8. The molecule has 0 amide bonds. The van der Waals surface area contributed by atoms with E-state index in [4.69, 9.17) is 0 Å². The van der Waals surface area contributed by atoms with E-state index in [1.807, 2.05) is 18.2 Å². The number of nitrogens with zero attached hydrogens (tertiary/aromatic N) is 2. The van der Waals surface area contributed by atoms with Gasteiger partial charge in [0.1, 0.15) is 5.82 Å². The lowest BCUT2D eigenvalue weighted by atomic mass is 9.95. The first-order chi connectivity index (χ1) is 12.5. The monoisotopic (exact) mass is 345 g/mol. The molecule has 0 saturated heterocycles. The van der Waals surface area contributed by atoms with Gasteiger partial charge in [-0.05, 0) is 30.0 Å². The fourth-order valence-corrected chi connectivity index (χ4v) is 2.93. The summed E-state index contributed by atoms with van der Waals surface area (Å²) >= 11 is 0. The van der Waals surface area contributed by atoms with Crippen LogP contribution in [0.3, 0.4) is 0 Å². The molecular formula is C21H19N3O2. The number of Topliss-reactive ketones (excluding diaryl/α,β-unsaturated/α-hetero) is 1. The Morgan fingerprint density at radius 1 is 1.15 bits per heavy atom. The van der Waals surface area contributed by atoms with E-state index in [1.165, 1.54) is 0 Å². The highest BCUT2D eigenvalue weighted by Crippen LogP contribution is 2.19. The van der Waals surface area contributed by atoms with Gasteiger partial charge in [0, 0.05) is 5.56 Å². The number of hydrogen-bond donors (Lipinski definition) is 1. The van der Waals surface area contributed by atoms with Gasteiger partial charge >= 0.3 is 0 Å². The van der Waals surface area contributed by atoms with Crippen molar-refractivity contribution in [2.45, 2.75) is 26.2 Å². The van der Waals surface area contributed by atoms with Gasteiger partial charge in [-0.2, -0.15) is 5.26 Å². The van der Waals surface area contributed by atoms with Crippen molar-refractivity contribution in [3.63, 3.8) is 0 Å². The third-order valence-electron chi connectivity index (χ3n) is 4.18. The van der Waals surface area contributed by atoms with Crippen LogP contribution < -0.4 is 5.56 Å². The van der Waals surface area contributed by atoms with Crippen molar-refractivity contribution in [3.05, 3.63) is 75.8 Å². The smallest absolute Gasteiger partial charge is 0.258 e. The summed E-state index contributed by atoms with van der Waals surface area (Å²) in [5.41, 5.74) is 1.68. The minimum absolute atomic E-state index is 0.0763. The molecule has 1 aromatic heterocycles. The Labute approximate surface area is 151 Å². The lowest BCUT2D eigenvalue weighted by molar-refractivity contribution is 0.0976. The summed E-state index contributed by atoms with van der Waals surface area (Å²) in [6.45, 7) is 4.26. The number of para-hydroxylation sites is 1. The Balaban J connectivity index is 1.95. The molecule has 0 aliphatic heterocycles. The summed E-state index contributed by atoms with van der Waals surface area (Å²) in [4.78, 5) is 31.9. The predicted octanol–water partition coefficient (Wildman–Crippen LogP) is 3.61. The van der Waals surface area contributed by atoms with Crippen LogP contribution in [0, 0.1) is 17.2 Å². The molecule has 26 heavy (non-hydrogen) atoms. The van der Waals surface area contributed by atoms with Crippen LogP contribution in [0.15, 0.2) is 53.3 Å².